The van der Waals surface area contributed by atoms with Gasteiger partial charge in [-0.05, 0) is 37.1 Å². The fourth-order valence-corrected chi connectivity index (χ4v) is 5.97. The highest BCUT2D eigenvalue weighted by atomic mass is 32.2. The third kappa shape index (κ3) is 5.94. The molecule has 0 spiro atoms. The van der Waals surface area contributed by atoms with Crippen molar-refractivity contribution in [3.63, 3.8) is 0 Å². The molecule has 0 aliphatic carbocycles. The van der Waals surface area contributed by atoms with Gasteiger partial charge in [0.25, 0.3) is 0 Å². The molecule has 1 amide bonds. The Balaban J connectivity index is 1.44. The van der Waals surface area contributed by atoms with Crippen molar-refractivity contribution in [3.05, 3.63) is 54.4 Å². The van der Waals surface area contributed by atoms with Gasteiger partial charge in [0.05, 0.1) is 61.1 Å². The first-order valence-corrected chi connectivity index (χ1v) is 12.5. The van der Waals surface area contributed by atoms with E-state index < -0.39 is 40.2 Å². The number of nitrogens with one attached hydrogen (secondary N) is 1. The highest BCUT2D eigenvalue weighted by molar-refractivity contribution is 7.89. The number of benzene rings is 1. The maximum Gasteiger partial charge on any atom is 0.243 e. The van der Waals surface area contributed by atoms with Crippen LogP contribution < -0.4 is 5.32 Å². The molecular weight excluding hydrogens is 467 g/mol. The molecule has 4 atom stereocenters. The highest BCUT2D eigenvalue weighted by Gasteiger charge is 2.43. The SMILES string of the molecule is O=C(C[C@@H]1CC[C@@H]2[C@H](COC[C@@H](O)CN2S(=O)(=O)c2cccc(F)c2)O1)NCc1ccncn1. The first-order valence-electron chi connectivity index (χ1n) is 11.0. The molecule has 1 aromatic carbocycles. The lowest BCUT2D eigenvalue weighted by atomic mass is 9.96. The van der Waals surface area contributed by atoms with Crippen LogP contribution in [0, 0.1) is 5.82 Å². The van der Waals surface area contributed by atoms with Gasteiger partial charge in [0.15, 0.2) is 0 Å². The second kappa shape index (κ2) is 10.8. The number of hydrogen-bond acceptors (Lipinski definition) is 8. The normalized spacial score (nSPS) is 26.2. The fourth-order valence-electron chi connectivity index (χ4n) is 4.22. The molecule has 4 rings (SSSR count). The zero-order valence-corrected chi connectivity index (χ0v) is 19.2. The number of fused-ring (bicyclic) bond motifs is 1. The van der Waals surface area contributed by atoms with Gasteiger partial charge in [-0.2, -0.15) is 4.31 Å². The largest absolute Gasteiger partial charge is 0.389 e. The minimum Gasteiger partial charge on any atom is -0.389 e. The van der Waals surface area contributed by atoms with Crippen molar-refractivity contribution in [2.24, 2.45) is 0 Å². The summed E-state index contributed by atoms with van der Waals surface area (Å²) in [5, 5.41) is 13.0. The van der Waals surface area contributed by atoms with Gasteiger partial charge >= 0.3 is 0 Å². The molecule has 0 unspecified atom stereocenters. The smallest absolute Gasteiger partial charge is 0.243 e. The van der Waals surface area contributed by atoms with E-state index in [0.717, 1.165) is 6.07 Å². The summed E-state index contributed by atoms with van der Waals surface area (Å²) < 4.78 is 53.3. The van der Waals surface area contributed by atoms with E-state index in [4.69, 9.17) is 9.47 Å². The van der Waals surface area contributed by atoms with E-state index in [1.165, 1.54) is 28.8 Å². The number of β-amino-alcohol motifs (C(OH)–C–C–N with tert-alkyl or cyclic N) is 1. The van der Waals surface area contributed by atoms with Gasteiger partial charge in [0.1, 0.15) is 12.1 Å². The van der Waals surface area contributed by atoms with Gasteiger partial charge in [-0.3, -0.25) is 4.79 Å². The maximum atomic E-state index is 13.7. The third-order valence-electron chi connectivity index (χ3n) is 5.86. The molecule has 0 saturated carbocycles. The van der Waals surface area contributed by atoms with Gasteiger partial charge in [-0.1, -0.05) is 6.07 Å². The highest BCUT2D eigenvalue weighted by Crippen LogP contribution is 2.31. The fraction of sp³-hybridized carbons (Fsp3) is 0.500. The quantitative estimate of drug-likeness (QED) is 0.598. The summed E-state index contributed by atoms with van der Waals surface area (Å²) in [7, 11) is -4.10. The van der Waals surface area contributed by atoms with Crippen LogP contribution in [-0.2, 0) is 30.8 Å². The van der Waals surface area contributed by atoms with Crippen molar-refractivity contribution in [1.29, 1.82) is 0 Å². The summed E-state index contributed by atoms with van der Waals surface area (Å²) in [6, 6.07) is 5.86. The number of ether oxygens (including phenoxy) is 2. The number of hydrogen-bond donors (Lipinski definition) is 2. The molecule has 12 heteroatoms. The van der Waals surface area contributed by atoms with Crippen LogP contribution in [0.4, 0.5) is 4.39 Å². The predicted molar refractivity (Wildman–Crippen MR) is 117 cm³/mol. The minimum absolute atomic E-state index is 0.0637. The van der Waals surface area contributed by atoms with Gasteiger partial charge in [0.2, 0.25) is 15.9 Å². The van der Waals surface area contributed by atoms with Crippen molar-refractivity contribution in [3.8, 4) is 0 Å². The Hall–Kier alpha value is -2.51. The third-order valence-corrected chi connectivity index (χ3v) is 7.75. The molecule has 2 fully saturated rings. The minimum atomic E-state index is -4.10. The second-order valence-corrected chi connectivity index (χ2v) is 10.2. The molecule has 34 heavy (non-hydrogen) atoms. The number of carbonyl (C=O) groups is 1. The molecule has 2 aliphatic rings. The number of rotatable bonds is 6. The Morgan fingerprint density at radius 2 is 2.12 bits per heavy atom. The molecule has 184 valence electrons. The standard InChI is InChI=1S/C22H27FN4O6S/c23-15-2-1-3-19(8-15)34(30,31)27-11-17(28)12-32-13-21-20(27)5-4-18(33-21)9-22(29)25-10-16-6-7-24-14-26-16/h1-3,6-8,14,17-18,20-21,28H,4-5,9-13H2,(H,25,29)/t17-,18-,20+,21-/m0/s1. The Kier molecular flexibility index (Phi) is 7.84. The molecule has 0 radical (unpaired) electrons. The average Bonchev–Trinajstić information content (AvgIpc) is 2.81. The molecule has 2 N–H and O–H groups in total. The van der Waals surface area contributed by atoms with E-state index in [1.54, 1.807) is 12.3 Å². The summed E-state index contributed by atoms with van der Waals surface area (Å²) in [6.07, 6.45) is 1.85. The Morgan fingerprint density at radius 1 is 1.26 bits per heavy atom. The van der Waals surface area contributed by atoms with Crippen LogP contribution in [0.15, 0.2) is 47.8 Å². The first-order chi connectivity index (χ1) is 16.3. The van der Waals surface area contributed by atoms with Crippen LogP contribution in [0.5, 0.6) is 0 Å². The predicted octanol–water partition coefficient (Wildman–Crippen LogP) is 0.620. The number of aliphatic hydroxyl groups excluding tert-OH is 1. The number of aromatic nitrogens is 2. The van der Waals surface area contributed by atoms with Crippen molar-refractivity contribution in [1.82, 2.24) is 19.6 Å². The number of aliphatic hydroxyl groups is 1. The van der Waals surface area contributed by atoms with Crippen molar-refractivity contribution in [2.45, 2.75) is 55.1 Å². The molecule has 2 aliphatic heterocycles. The molecule has 10 nitrogen and oxygen atoms in total. The van der Waals surface area contributed by atoms with Gasteiger partial charge in [-0.25, -0.2) is 22.8 Å². The van der Waals surface area contributed by atoms with Crippen LogP contribution in [0.25, 0.3) is 0 Å². The van der Waals surface area contributed by atoms with E-state index in [-0.39, 0.29) is 43.5 Å². The topological polar surface area (TPSA) is 131 Å². The van der Waals surface area contributed by atoms with E-state index in [9.17, 15) is 22.7 Å². The Labute approximate surface area is 197 Å². The lowest BCUT2D eigenvalue weighted by molar-refractivity contribution is -0.146. The zero-order chi connectivity index (χ0) is 24.1. The molecule has 1 aromatic heterocycles. The summed E-state index contributed by atoms with van der Waals surface area (Å²) in [5.74, 6) is -0.880. The van der Waals surface area contributed by atoms with Crippen molar-refractivity contribution >= 4 is 15.9 Å². The lowest BCUT2D eigenvalue weighted by Crippen LogP contribution is -2.57. The summed E-state index contributed by atoms with van der Waals surface area (Å²) in [5.41, 5.74) is 0.679. The van der Waals surface area contributed by atoms with E-state index >= 15 is 0 Å². The van der Waals surface area contributed by atoms with Crippen LogP contribution in [0.2, 0.25) is 0 Å². The zero-order valence-electron chi connectivity index (χ0n) is 18.4. The Morgan fingerprint density at radius 3 is 2.88 bits per heavy atom. The maximum absolute atomic E-state index is 13.7. The Bertz CT molecular complexity index is 1090. The molecule has 0 bridgehead atoms. The number of halogens is 1. The van der Waals surface area contributed by atoms with Gasteiger partial charge < -0.3 is 19.9 Å². The monoisotopic (exact) mass is 494 g/mol. The van der Waals surface area contributed by atoms with E-state index in [1.807, 2.05) is 0 Å². The molecule has 2 saturated heterocycles. The summed E-state index contributed by atoms with van der Waals surface area (Å²) in [6.45, 7) is 0.0655. The lowest BCUT2D eigenvalue weighted by Gasteiger charge is -2.43. The number of carbonyl (C=O) groups excluding carboxylic acids is 1. The molecule has 2 aromatic rings. The molecular formula is C22H27FN4O6S. The number of amides is 1. The summed E-state index contributed by atoms with van der Waals surface area (Å²) in [4.78, 5) is 20.1. The average molecular weight is 495 g/mol. The summed E-state index contributed by atoms with van der Waals surface area (Å²) >= 11 is 0. The van der Waals surface area contributed by atoms with Crippen LogP contribution >= 0.6 is 0 Å². The van der Waals surface area contributed by atoms with Crippen molar-refractivity contribution in [2.75, 3.05) is 19.8 Å². The molecule has 3 heterocycles. The first kappa shape index (κ1) is 24.6. The second-order valence-electron chi connectivity index (χ2n) is 8.35. The van der Waals surface area contributed by atoms with Crippen LogP contribution in [0.1, 0.15) is 25.0 Å². The van der Waals surface area contributed by atoms with Crippen molar-refractivity contribution < 1.29 is 32.2 Å². The number of sulfonamides is 1. The van der Waals surface area contributed by atoms with Gasteiger partial charge in [0, 0.05) is 12.7 Å². The number of nitrogens with zero attached hydrogens (tertiary/aromatic N) is 3. The van der Waals surface area contributed by atoms with Gasteiger partial charge in [-0.15, -0.1) is 0 Å². The van der Waals surface area contributed by atoms with E-state index in [0.29, 0.717) is 18.5 Å². The van der Waals surface area contributed by atoms with E-state index in [2.05, 4.69) is 15.3 Å². The van der Waals surface area contributed by atoms with Crippen LogP contribution in [0.3, 0.4) is 0 Å². The van der Waals surface area contributed by atoms with Crippen LogP contribution in [-0.4, -0.2) is 77.8 Å².